The lowest BCUT2D eigenvalue weighted by molar-refractivity contribution is 0.260. The van der Waals surface area contributed by atoms with E-state index < -0.39 is 11.6 Å². The number of rotatable bonds is 2. The van der Waals surface area contributed by atoms with Crippen molar-refractivity contribution in [1.29, 1.82) is 0 Å². The minimum absolute atomic E-state index is 0.281. The van der Waals surface area contributed by atoms with Crippen molar-refractivity contribution in [2.45, 2.75) is 39.2 Å². The van der Waals surface area contributed by atoms with Gasteiger partial charge in [-0.05, 0) is 53.1 Å². The van der Waals surface area contributed by atoms with E-state index >= 15 is 0 Å². The summed E-state index contributed by atoms with van der Waals surface area (Å²) in [5, 5.41) is 3.20. The highest BCUT2D eigenvalue weighted by Gasteiger charge is 2.25. The molecule has 1 aromatic rings. The van der Waals surface area contributed by atoms with Gasteiger partial charge in [0.25, 0.3) is 0 Å². The summed E-state index contributed by atoms with van der Waals surface area (Å²) in [5.41, 5.74) is 0.384. The van der Waals surface area contributed by atoms with Crippen LogP contribution in [0.15, 0.2) is 16.6 Å². The molecule has 2 rings (SSSR count). The Hall–Kier alpha value is -0.640. The Morgan fingerprint density at radius 1 is 1.11 bits per heavy atom. The molecule has 1 saturated carbocycles. The number of hydrogen-bond acceptors (Lipinski definition) is 1. The molecule has 0 heterocycles. The molecular weight excluding hydrogens is 300 g/mol. The quantitative estimate of drug-likeness (QED) is 0.760. The predicted octanol–water partition coefficient (Wildman–Crippen LogP) is 4.96. The Bertz CT molecular complexity index is 436. The summed E-state index contributed by atoms with van der Waals surface area (Å²) >= 11 is 3.08. The average Bonchev–Trinajstić information content (AvgIpc) is 2.31. The first-order chi connectivity index (χ1) is 8.47. The third-order valence-corrected chi connectivity index (χ3v) is 4.58. The van der Waals surface area contributed by atoms with Crippen LogP contribution in [0.2, 0.25) is 0 Å². The molecular formula is C14H18BrF2N. The molecule has 0 aliphatic heterocycles. The van der Waals surface area contributed by atoms with Crippen LogP contribution in [0, 0.1) is 23.5 Å². The van der Waals surface area contributed by atoms with Crippen LogP contribution in [0.25, 0.3) is 0 Å². The number of benzene rings is 1. The minimum Gasteiger partial charge on any atom is -0.380 e. The van der Waals surface area contributed by atoms with Crippen molar-refractivity contribution >= 4 is 21.6 Å². The first kappa shape index (κ1) is 13.8. The van der Waals surface area contributed by atoms with Gasteiger partial charge in [-0.2, -0.15) is 0 Å². The first-order valence-electron chi connectivity index (χ1n) is 6.38. The molecule has 4 heteroatoms. The fraction of sp³-hybridized carbons (Fsp3) is 0.571. The van der Waals surface area contributed by atoms with Gasteiger partial charge >= 0.3 is 0 Å². The fourth-order valence-corrected chi connectivity index (χ4v) is 2.88. The van der Waals surface area contributed by atoms with Crippen molar-refractivity contribution < 1.29 is 8.78 Å². The summed E-state index contributed by atoms with van der Waals surface area (Å²) in [4.78, 5) is 0. The monoisotopic (exact) mass is 317 g/mol. The molecule has 0 spiro atoms. The number of nitrogens with one attached hydrogen (secondary N) is 1. The van der Waals surface area contributed by atoms with Gasteiger partial charge in [-0.25, -0.2) is 8.78 Å². The average molecular weight is 318 g/mol. The number of hydrogen-bond donors (Lipinski definition) is 1. The van der Waals surface area contributed by atoms with E-state index in [4.69, 9.17) is 0 Å². The van der Waals surface area contributed by atoms with Crippen LogP contribution >= 0.6 is 15.9 Å². The van der Waals surface area contributed by atoms with E-state index in [1.165, 1.54) is 6.07 Å². The molecule has 3 unspecified atom stereocenters. The second-order valence-electron chi connectivity index (χ2n) is 5.36. The van der Waals surface area contributed by atoms with E-state index in [9.17, 15) is 8.78 Å². The molecule has 3 atom stereocenters. The second-order valence-corrected chi connectivity index (χ2v) is 6.21. The number of halogens is 3. The molecule has 1 nitrogen and oxygen atoms in total. The number of anilines is 1. The van der Waals surface area contributed by atoms with E-state index in [1.54, 1.807) is 0 Å². The maximum Gasteiger partial charge on any atom is 0.149 e. The predicted molar refractivity (Wildman–Crippen MR) is 73.6 cm³/mol. The standard InChI is InChI=1S/C14H18BrF2N/c1-8-3-4-10(5-9(8)2)18-14-6-11(15)12(16)7-13(14)17/h6-10,18H,3-5H2,1-2H3. The van der Waals surface area contributed by atoms with Gasteiger partial charge in [-0.3, -0.25) is 0 Å². The van der Waals surface area contributed by atoms with Crippen LogP contribution in [0.5, 0.6) is 0 Å². The Morgan fingerprint density at radius 2 is 1.83 bits per heavy atom. The lowest BCUT2D eigenvalue weighted by atomic mass is 9.79. The van der Waals surface area contributed by atoms with Gasteiger partial charge in [-0.15, -0.1) is 0 Å². The molecule has 1 aromatic carbocycles. The van der Waals surface area contributed by atoms with Crippen LogP contribution in [0.3, 0.4) is 0 Å². The van der Waals surface area contributed by atoms with Gasteiger partial charge in [0.05, 0.1) is 10.2 Å². The summed E-state index contributed by atoms with van der Waals surface area (Å²) in [6, 6.07) is 2.68. The molecule has 1 aliphatic rings. The van der Waals surface area contributed by atoms with Gasteiger partial charge in [0.2, 0.25) is 0 Å². The summed E-state index contributed by atoms with van der Waals surface area (Å²) < 4.78 is 27.1. The molecule has 0 bridgehead atoms. The molecule has 0 radical (unpaired) electrons. The molecule has 100 valence electrons. The smallest absolute Gasteiger partial charge is 0.149 e. The van der Waals surface area contributed by atoms with E-state index in [0.717, 1.165) is 31.2 Å². The zero-order valence-electron chi connectivity index (χ0n) is 10.6. The zero-order chi connectivity index (χ0) is 13.3. The van der Waals surface area contributed by atoms with Crippen LogP contribution in [0.4, 0.5) is 14.5 Å². The SMILES string of the molecule is CC1CCC(Nc2cc(Br)c(F)cc2F)CC1C. The molecule has 0 aromatic heterocycles. The molecule has 1 fully saturated rings. The highest BCUT2D eigenvalue weighted by molar-refractivity contribution is 9.10. The van der Waals surface area contributed by atoms with E-state index in [2.05, 4.69) is 35.1 Å². The van der Waals surface area contributed by atoms with Crippen molar-refractivity contribution in [3.63, 3.8) is 0 Å². The Balaban J connectivity index is 2.08. The molecule has 1 N–H and O–H groups in total. The van der Waals surface area contributed by atoms with Crippen molar-refractivity contribution in [2.75, 3.05) is 5.32 Å². The van der Waals surface area contributed by atoms with Crippen molar-refractivity contribution in [1.82, 2.24) is 0 Å². The maximum absolute atomic E-state index is 13.6. The van der Waals surface area contributed by atoms with Crippen molar-refractivity contribution in [3.05, 3.63) is 28.2 Å². The van der Waals surface area contributed by atoms with Crippen LogP contribution in [-0.2, 0) is 0 Å². The summed E-state index contributed by atoms with van der Waals surface area (Å²) in [6.07, 6.45) is 3.23. The summed E-state index contributed by atoms with van der Waals surface area (Å²) in [7, 11) is 0. The Morgan fingerprint density at radius 3 is 2.50 bits per heavy atom. The van der Waals surface area contributed by atoms with Gasteiger partial charge in [-0.1, -0.05) is 13.8 Å². The van der Waals surface area contributed by atoms with Gasteiger partial charge in [0, 0.05) is 12.1 Å². The first-order valence-corrected chi connectivity index (χ1v) is 7.17. The van der Waals surface area contributed by atoms with Gasteiger partial charge in [0.15, 0.2) is 0 Å². The van der Waals surface area contributed by atoms with Crippen molar-refractivity contribution in [2.24, 2.45) is 11.8 Å². The Labute approximate surface area is 115 Å². The second kappa shape index (κ2) is 5.55. The largest absolute Gasteiger partial charge is 0.380 e. The third-order valence-electron chi connectivity index (χ3n) is 3.97. The van der Waals surface area contributed by atoms with Crippen LogP contribution in [0.1, 0.15) is 33.1 Å². The molecule has 0 amide bonds. The lowest BCUT2D eigenvalue weighted by Crippen LogP contribution is -2.30. The van der Waals surface area contributed by atoms with E-state index in [-0.39, 0.29) is 6.04 Å². The van der Waals surface area contributed by atoms with E-state index in [0.29, 0.717) is 16.1 Å². The minimum atomic E-state index is -0.566. The maximum atomic E-state index is 13.6. The zero-order valence-corrected chi connectivity index (χ0v) is 12.2. The highest BCUT2D eigenvalue weighted by Crippen LogP contribution is 2.32. The fourth-order valence-electron chi connectivity index (χ4n) is 2.53. The third kappa shape index (κ3) is 3.02. The van der Waals surface area contributed by atoms with Crippen LogP contribution in [-0.4, -0.2) is 6.04 Å². The Kier molecular flexibility index (Phi) is 4.25. The van der Waals surface area contributed by atoms with Gasteiger partial charge < -0.3 is 5.32 Å². The highest BCUT2D eigenvalue weighted by atomic mass is 79.9. The van der Waals surface area contributed by atoms with Crippen LogP contribution < -0.4 is 5.32 Å². The normalized spacial score (nSPS) is 28.2. The molecule has 18 heavy (non-hydrogen) atoms. The summed E-state index contributed by atoms with van der Waals surface area (Å²) in [5.74, 6) is 0.279. The van der Waals surface area contributed by atoms with Crippen molar-refractivity contribution in [3.8, 4) is 0 Å². The molecule has 1 aliphatic carbocycles. The lowest BCUT2D eigenvalue weighted by Gasteiger charge is -2.33. The summed E-state index contributed by atoms with van der Waals surface area (Å²) in [6.45, 7) is 4.49. The van der Waals surface area contributed by atoms with E-state index in [1.807, 2.05) is 0 Å². The van der Waals surface area contributed by atoms with Gasteiger partial charge in [0.1, 0.15) is 11.6 Å². The molecule has 0 saturated heterocycles. The topological polar surface area (TPSA) is 12.0 Å².